The van der Waals surface area contributed by atoms with Crippen molar-refractivity contribution < 1.29 is 4.65 Å². The van der Waals surface area contributed by atoms with E-state index in [1.165, 1.54) is 5.56 Å². The summed E-state index contributed by atoms with van der Waals surface area (Å²) in [6.07, 6.45) is 0. The molecule has 4 heteroatoms. The Balaban J connectivity index is 3.03. The summed E-state index contributed by atoms with van der Waals surface area (Å²) < 4.78 is 6.45. The molecular weight excluding hydrogens is 283 g/mol. The van der Waals surface area contributed by atoms with Crippen molar-refractivity contribution in [2.24, 2.45) is 0 Å². The first-order valence-corrected chi connectivity index (χ1v) is 8.96. The molecule has 0 atom stereocenters. The van der Waals surface area contributed by atoms with Crippen LogP contribution in [-0.2, 0) is 11.3 Å². The highest BCUT2D eigenvalue weighted by Gasteiger charge is 2.39. The molecule has 0 heterocycles. The van der Waals surface area contributed by atoms with Crippen LogP contribution in [-0.4, -0.2) is 41.0 Å². The molecule has 3 nitrogen and oxygen atoms in total. The molecule has 0 N–H and O–H groups in total. The Kier molecular flexibility index (Phi) is 8.31. The van der Waals surface area contributed by atoms with Crippen molar-refractivity contribution >= 4 is 7.19 Å². The summed E-state index contributed by atoms with van der Waals surface area (Å²) in [7, 11) is -0.0183. The van der Waals surface area contributed by atoms with Crippen molar-refractivity contribution in [1.82, 2.24) is 9.62 Å². The maximum absolute atomic E-state index is 6.45. The molecule has 0 aliphatic rings. The molecular formula is C19H35BN2O. The molecule has 0 bridgehead atoms. The molecule has 1 aromatic rings. The van der Waals surface area contributed by atoms with Crippen molar-refractivity contribution in [3.8, 4) is 0 Å². The quantitative estimate of drug-likeness (QED) is 0.627. The second kappa shape index (κ2) is 9.46. The van der Waals surface area contributed by atoms with E-state index in [1.807, 2.05) is 6.07 Å². The largest absolute Gasteiger partial charge is 0.480 e. The fraction of sp³-hybridized carbons (Fsp3) is 0.684. The maximum Gasteiger partial charge on any atom is 0.480 e. The van der Waals surface area contributed by atoms with Crippen molar-refractivity contribution in [1.29, 1.82) is 0 Å². The van der Waals surface area contributed by atoms with Crippen LogP contribution in [0, 0.1) is 0 Å². The predicted molar refractivity (Wildman–Crippen MR) is 101 cm³/mol. The van der Waals surface area contributed by atoms with Gasteiger partial charge in [0.2, 0.25) is 0 Å². The summed E-state index contributed by atoms with van der Waals surface area (Å²) in [5.74, 6) is 0. The van der Waals surface area contributed by atoms with Gasteiger partial charge in [-0.1, -0.05) is 85.7 Å². The molecule has 0 amide bonds. The van der Waals surface area contributed by atoms with E-state index in [0.29, 0.717) is 30.8 Å². The van der Waals surface area contributed by atoms with Gasteiger partial charge in [0.05, 0.1) is 6.61 Å². The molecule has 0 aliphatic carbocycles. The molecule has 0 saturated heterocycles. The van der Waals surface area contributed by atoms with Gasteiger partial charge in [-0.15, -0.1) is 0 Å². The Hall–Kier alpha value is -0.835. The van der Waals surface area contributed by atoms with Gasteiger partial charge in [0.25, 0.3) is 0 Å². The molecule has 23 heavy (non-hydrogen) atoms. The van der Waals surface area contributed by atoms with Gasteiger partial charge in [0.1, 0.15) is 0 Å². The predicted octanol–water partition coefficient (Wildman–Crippen LogP) is 4.43. The van der Waals surface area contributed by atoms with E-state index in [1.54, 1.807) is 0 Å². The standard InChI is InChI=1S/C19H35BN2O/c1-15(2)21(16(3)4)20(22(17(5)6)18(7)8)23-14-19-12-10-9-11-13-19/h9-13,15-18H,14H2,1-8H3. The van der Waals surface area contributed by atoms with Crippen LogP contribution in [0.25, 0.3) is 0 Å². The Morgan fingerprint density at radius 2 is 1.13 bits per heavy atom. The number of hydrogen-bond acceptors (Lipinski definition) is 3. The van der Waals surface area contributed by atoms with Crippen LogP contribution in [0.15, 0.2) is 30.3 Å². The van der Waals surface area contributed by atoms with E-state index in [0.717, 1.165) is 0 Å². The molecule has 0 fully saturated rings. The molecule has 0 unspecified atom stereocenters. The minimum Gasteiger partial charge on any atom is -0.404 e. The number of nitrogens with zero attached hydrogens (tertiary/aromatic N) is 2. The number of hydrogen-bond donors (Lipinski definition) is 0. The molecule has 1 aromatic carbocycles. The van der Waals surface area contributed by atoms with Crippen LogP contribution in [0.3, 0.4) is 0 Å². The fourth-order valence-electron chi connectivity index (χ4n) is 3.28. The number of rotatable bonds is 9. The van der Waals surface area contributed by atoms with Crippen LogP contribution < -0.4 is 0 Å². The van der Waals surface area contributed by atoms with Crippen LogP contribution in [0.4, 0.5) is 0 Å². The van der Waals surface area contributed by atoms with Gasteiger partial charge in [-0.2, -0.15) is 0 Å². The summed E-state index contributed by atoms with van der Waals surface area (Å²) in [6.45, 7) is 18.6. The topological polar surface area (TPSA) is 15.7 Å². The molecule has 0 aliphatic heterocycles. The first-order valence-electron chi connectivity index (χ1n) is 8.96. The molecule has 130 valence electrons. The van der Waals surface area contributed by atoms with Crippen molar-refractivity contribution in [2.45, 2.75) is 86.2 Å². The van der Waals surface area contributed by atoms with Crippen LogP contribution in [0.1, 0.15) is 61.0 Å². The van der Waals surface area contributed by atoms with Gasteiger partial charge in [0, 0.05) is 0 Å². The van der Waals surface area contributed by atoms with E-state index in [2.05, 4.69) is 89.3 Å². The Bertz CT molecular complexity index is 398. The summed E-state index contributed by atoms with van der Waals surface area (Å²) in [6, 6.07) is 12.1. The van der Waals surface area contributed by atoms with E-state index in [4.69, 9.17) is 4.65 Å². The summed E-state index contributed by atoms with van der Waals surface area (Å²) in [5, 5.41) is 0. The highest BCUT2D eigenvalue weighted by Crippen LogP contribution is 2.19. The Morgan fingerprint density at radius 1 is 0.739 bits per heavy atom. The normalized spacial score (nSPS) is 12.4. The van der Waals surface area contributed by atoms with E-state index in [-0.39, 0.29) is 7.19 Å². The Labute approximate surface area is 144 Å². The van der Waals surface area contributed by atoms with Gasteiger partial charge in [-0.3, -0.25) is 9.62 Å². The van der Waals surface area contributed by atoms with E-state index < -0.39 is 0 Å². The molecule has 0 aromatic heterocycles. The summed E-state index contributed by atoms with van der Waals surface area (Å²) in [4.78, 5) is 4.92. The first-order chi connectivity index (χ1) is 10.8. The van der Waals surface area contributed by atoms with Crippen LogP contribution in [0.5, 0.6) is 0 Å². The second-order valence-electron chi connectivity index (χ2n) is 7.39. The lowest BCUT2D eigenvalue weighted by Crippen LogP contribution is -2.63. The average Bonchev–Trinajstić information content (AvgIpc) is 2.44. The van der Waals surface area contributed by atoms with Crippen molar-refractivity contribution in [2.75, 3.05) is 0 Å². The van der Waals surface area contributed by atoms with Gasteiger partial charge >= 0.3 is 7.19 Å². The maximum atomic E-state index is 6.45. The SMILES string of the molecule is CC(C)N(B(OCc1ccccc1)N(C(C)C)C(C)C)C(C)C. The summed E-state index contributed by atoms with van der Waals surface area (Å²) in [5.41, 5.74) is 1.22. The summed E-state index contributed by atoms with van der Waals surface area (Å²) >= 11 is 0. The third-order valence-corrected chi connectivity index (χ3v) is 4.14. The molecule has 1 rings (SSSR count). The third kappa shape index (κ3) is 5.94. The minimum atomic E-state index is -0.0183. The van der Waals surface area contributed by atoms with Crippen LogP contribution in [0.2, 0.25) is 0 Å². The fourth-order valence-corrected chi connectivity index (χ4v) is 3.28. The third-order valence-electron chi connectivity index (χ3n) is 4.14. The van der Waals surface area contributed by atoms with Gasteiger partial charge in [0.15, 0.2) is 0 Å². The lowest BCUT2D eigenvalue weighted by molar-refractivity contribution is 0.129. The van der Waals surface area contributed by atoms with Gasteiger partial charge < -0.3 is 4.65 Å². The number of benzene rings is 1. The van der Waals surface area contributed by atoms with Crippen molar-refractivity contribution in [3.05, 3.63) is 35.9 Å². The lowest BCUT2D eigenvalue weighted by Gasteiger charge is -2.44. The average molecular weight is 318 g/mol. The van der Waals surface area contributed by atoms with Crippen molar-refractivity contribution in [3.63, 3.8) is 0 Å². The highest BCUT2D eigenvalue weighted by atomic mass is 16.5. The van der Waals surface area contributed by atoms with E-state index >= 15 is 0 Å². The zero-order valence-electron chi connectivity index (χ0n) is 16.3. The second-order valence-corrected chi connectivity index (χ2v) is 7.39. The monoisotopic (exact) mass is 318 g/mol. The lowest BCUT2D eigenvalue weighted by atomic mass is 9.85. The minimum absolute atomic E-state index is 0.0183. The first kappa shape index (κ1) is 20.2. The zero-order chi connectivity index (χ0) is 17.6. The van der Waals surface area contributed by atoms with Gasteiger partial charge in [-0.25, -0.2) is 0 Å². The molecule has 0 radical (unpaired) electrons. The molecule has 0 saturated carbocycles. The smallest absolute Gasteiger partial charge is 0.404 e. The van der Waals surface area contributed by atoms with Gasteiger partial charge in [-0.05, 0) is 29.7 Å². The highest BCUT2D eigenvalue weighted by molar-refractivity contribution is 6.45. The Morgan fingerprint density at radius 3 is 1.48 bits per heavy atom. The molecule has 0 spiro atoms. The zero-order valence-corrected chi connectivity index (χ0v) is 16.3. The van der Waals surface area contributed by atoms with E-state index in [9.17, 15) is 0 Å². The van der Waals surface area contributed by atoms with Crippen LogP contribution >= 0.6 is 0 Å².